The van der Waals surface area contributed by atoms with Crippen molar-refractivity contribution >= 4 is 11.4 Å². The molecule has 0 aliphatic rings. The first-order chi connectivity index (χ1) is 5.74. The molecule has 0 saturated heterocycles. The second kappa shape index (κ2) is 4.00. The molecule has 0 radical (unpaired) electrons. The highest BCUT2D eigenvalue weighted by Crippen LogP contribution is 2.16. The van der Waals surface area contributed by atoms with Gasteiger partial charge in [0.15, 0.2) is 0 Å². The third-order valence-electron chi connectivity index (χ3n) is 1.74. The van der Waals surface area contributed by atoms with Gasteiger partial charge < -0.3 is 10.2 Å². The SMILES string of the molecule is CCNc1cccc(N(C)C)c1. The van der Waals surface area contributed by atoms with Crippen LogP contribution in [0.15, 0.2) is 24.3 Å². The van der Waals surface area contributed by atoms with E-state index in [0.717, 1.165) is 6.54 Å². The van der Waals surface area contributed by atoms with E-state index in [0.29, 0.717) is 0 Å². The lowest BCUT2D eigenvalue weighted by atomic mass is 10.2. The van der Waals surface area contributed by atoms with E-state index in [1.165, 1.54) is 11.4 Å². The summed E-state index contributed by atoms with van der Waals surface area (Å²) in [4.78, 5) is 2.10. The van der Waals surface area contributed by atoms with E-state index >= 15 is 0 Å². The van der Waals surface area contributed by atoms with Gasteiger partial charge in [0, 0.05) is 32.0 Å². The zero-order chi connectivity index (χ0) is 8.97. The van der Waals surface area contributed by atoms with Gasteiger partial charge in [0.1, 0.15) is 0 Å². The molecule has 1 aromatic carbocycles. The lowest BCUT2D eigenvalue weighted by molar-refractivity contribution is 1.13. The number of nitrogens with zero attached hydrogens (tertiary/aromatic N) is 1. The van der Waals surface area contributed by atoms with Crippen LogP contribution in [0.2, 0.25) is 0 Å². The van der Waals surface area contributed by atoms with Crippen molar-refractivity contribution in [3.63, 3.8) is 0 Å². The molecule has 0 aliphatic heterocycles. The Bertz CT molecular complexity index is 243. The van der Waals surface area contributed by atoms with Gasteiger partial charge in [-0.25, -0.2) is 0 Å². The summed E-state index contributed by atoms with van der Waals surface area (Å²) in [5, 5.41) is 3.28. The fourth-order valence-corrected chi connectivity index (χ4v) is 1.10. The van der Waals surface area contributed by atoms with Crippen LogP contribution < -0.4 is 10.2 Å². The molecule has 0 amide bonds. The molecule has 66 valence electrons. The number of hydrogen-bond acceptors (Lipinski definition) is 2. The average Bonchev–Trinajstić information content (AvgIpc) is 2.05. The predicted molar refractivity (Wildman–Crippen MR) is 54.9 cm³/mol. The lowest BCUT2D eigenvalue weighted by Gasteiger charge is -2.13. The van der Waals surface area contributed by atoms with Crippen LogP contribution in [-0.4, -0.2) is 20.6 Å². The molecule has 1 N–H and O–H groups in total. The first kappa shape index (κ1) is 8.91. The smallest absolute Gasteiger partial charge is 0.0381 e. The van der Waals surface area contributed by atoms with Crippen molar-refractivity contribution in [1.82, 2.24) is 0 Å². The number of anilines is 2. The highest BCUT2D eigenvalue weighted by Gasteiger charge is 1.94. The summed E-state index contributed by atoms with van der Waals surface area (Å²) in [5.74, 6) is 0. The van der Waals surface area contributed by atoms with Crippen LogP contribution in [0.3, 0.4) is 0 Å². The topological polar surface area (TPSA) is 15.3 Å². The Morgan fingerprint density at radius 3 is 2.67 bits per heavy atom. The van der Waals surface area contributed by atoms with Crippen molar-refractivity contribution < 1.29 is 0 Å². The Kier molecular flexibility index (Phi) is 2.97. The molecule has 1 rings (SSSR count). The average molecular weight is 164 g/mol. The maximum Gasteiger partial charge on any atom is 0.0381 e. The van der Waals surface area contributed by atoms with Crippen LogP contribution in [0.1, 0.15) is 6.92 Å². The number of rotatable bonds is 3. The maximum atomic E-state index is 3.28. The highest BCUT2D eigenvalue weighted by atomic mass is 15.1. The van der Waals surface area contributed by atoms with Gasteiger partial charge >= 0.3 is 0 Å². The summed E-state index contributed by atoms with van der Waals surface area (Å²) in [6.07, 6.45) is 0. The molecule has 0 atom stereocenters. The van der Waals surface area contributed by atoms with Crippen molar-refractivity contribution in [2.24, 2.45) is 0 Å². The van der Waals surface area contributed by atoms with Gasteiger partial charge in [0.05, 0.1) is 0 Å². The molecule has 0 spiro atoms. The fourth-order valence-electron chi connectivity index (χ4n) is 1.10. The minimum absolute atomic E-state index is 0.969. The molecule has 0 aromatic heterocycles. The van der Waals surface area contributed by atoms with E-state index in [1.807, 2.05) is 14.1 Å². The Labute approximate surface area is 74.2 Å². The monoisotopic (exact) mass is 164 g/mol. The van der Waals surface area contributed by atoms with Crippen LogP contribution in [-0.2, 0) is 0 Å². The van der Waals surface area contributed by atoms with Crippen molar-refractivity contribution in [3.05, 3.63) is 24.3 Å². The van der Waals surface area contributed by atoms with Gasteiger partial charge in [-0.3, -0.25) is 0 Å². The van der Waals surface area contributed by atoms with Gasteiger partial charge in [0.2, 0.25) is 0 Å². The van der Waals surface area contributed by atoms with Gasteiger partial charge in [-0.1, -0.05) is 6.07 Å². The molecule has 0 heterocycles. The molecule has 2 nitrogen and oxygen atoms in total. The first-order valence-corrected chi connectivity index (χ1v) is 4.25. The van der Waals surface area contributed by atoms with Gasteiger partial charge in [-0.2, -0.15) is 0 Å². The fraction of sp³-hybridized carbons (Fsp3) is 0.400. The van der Waals surface area contributed by atoms with Gasteiger partial charge in [0.25, 0.3) is 0 Å². The molecule has 2 heteroatoms. The van der Waals surface area contributed by atoms with Crippen LogP contribution in [0, 0.1) is 0 Å². The molecule has 0 aliphatic carbocycles. The normalized spacial score (nSPS) is 9.58. The Morgan fingerprint density at radius 1 is 1.33 bits per heavy atom. The second-order valence-electron chi connectivity index (χ2n) is 2.98. The molecule has 0 saturated carbocycles. The lowest BCUT2D eigenvalue weighted by Crippen LogP contribution is -2.08. The van der Waals surface area contributed by atoms with Gasteiger partial charge in [-0.05, 0) is 25.1 Å². The number of benzene rings is 1. The summed E-state index contributed by atoms with van der Waals surface area (Å²) in [6.45, 7) is 3.07. The number of nitrogens with one attached hydrogen (secondary N) is 1. The van der Waals surface area contributed by atoms with Crippen molar-refractivity contribution in [3.8, 4) is 0 Å². The largest absolute Gasteiger partial charge is 0.385 e. The maximum absolute atomic E-state index is 3.28. The van der Waals surface area contributed by atoms with Crippen LogP contribution in [0.4, 0.5) is 11.4 Å². The van der Waals surface area contributed by atoms with Crippen molar-refractivity contribution in [2.75, 3.05) is 30.9 Å². The molecular weight excluding hydrogens is 148 g/mol. The molecular formula is C10H16N2. The summed E-state index contributed by atoms with van der Waals surface area (Å²) in [5.41, 5.74) is 2.41. The number of hydrogen-bond donors (Lipinski definition) is 1. The van der Waals surface area contributed by atoms with E-state index in [1.54, 1.807) is 0 Å². The zero-order valence-corrected chi connectivity index (χ0v) is 7.96. The molecule has 0 unspecified atom stereocenters. The van der Waals surface area contributed by atoms with Crippen molar-refractivity contribution in [2.45, 2.75) is 6.92 Å². The summed E-state index contributed by atoms with van der Waals surface area (Å²) in [6, 6.07) is 8.38. The Balaban J connectivity index is 2.81. The van der Waals surface area contributed by atoms with Crippen LogP contribution >= 0.6 is 0 Å². The van der Waals surface area contributed by atoms with Gasteiger partial charge in [-0.15, -0.1) is 0 Å². The molecule has 12 heavy (non-hydrogen) atoms. The van der Waals surface area contributed by atoms with Crippen LogP contribution in [0.5, 0.6) is 0 Å². The minimum atomic E-state index is 0.969. The molecule has 1 aromatic rings. The summed E-state index contributed by atoms with van der Waals surface area (Å²) >= 11 is 0. The third kappa shape index (κ3) is 2.16. The molecule has 0 bridgehead atoms. The standard InChI is InChI=1S/C10H16N2/c1-4-11-9-6-5-7-10(8-9)12(2)3/h5-8,11H,4H2,1-3H3. The van der Waals surface area contributed by atoms with Crippen molar-refractivity contribution in [1.29, 1.82) is 0 Å². The first-order valence-electron chi connectivity index (χ1n) is 4.25. The predicted octanol–water partition coefficient (Wildman–Crippen LogP) is 2.18. The van der Waals surface area contributed by atoms with E-state index in [2.05, 4.69) is 41.4 Å². The minimum Gasteiger partial charge on any atom is -0.385 e. The molecule has 0 fully saturated rings. The quantitative estimate of drug-likeness (QED) is 0.736. The van der Waals surface area contributed by atoms with E-state index < -0.39 is 0 Å². The van der Waals surface area contributed by atoms with Crippen LogP contribution in [0.25, 0.3) is 0 Å². The summed E-state index contributed by atoms with van der Waals surface area (Å²) < 4.78 is 0. The van der Waals surface area contributed by atoms with E-state index in [-0.39, 0.29) is 0 Å². The van der Waals surface area contributed by atoms with E-state index in [9.17, 15) is 0 Å². The second-order valence-corrected chi connectivity index (χ2v) is 2.98. The summed E-state index contributed by atoms with van der Waals surface area (Å²) in [7, 11) is 4.09. The highest BCUT2D eigenvalue weighted by molar-refractivity contribution is 5.57. The third-order valence-corrected chi connectivity index (χ3v) is 1.74. The Hall–Kier alpha value is -1.18. The zero-order valence-electron chi connectivity index (χ0n) is 7.96. The van der Waals surface area contributed by atoms with E-state index in [4.69, 9.17) is 0 Å². The Morgan fingerprint density at radius 2 is 2.08 bits per heavy atom.